The third-order valence-corrected chi connectivity index (χ3v) is 3.29. The first kappa shape index (κ1) is 49.0. The van der Waals surface area contributed by atoms with Crippen molar-refractivity contribution in [3.8, 4) is 0 Å². The van der Waals surface area contributed by atoms with Gasteiger partial charge in [0, 0.05) is 12.8 Å². The number of nitrogens with zero attached hydrogens (tertiary/aromatic N) is 2. The number of carboxylic acid groups (broad SMARTS) is 4. The fraction of sp³-hybridized carbons (Fsp3) is 0.375. The average Bonchev–Trinajstić information content (AvgIpc) is 3.21. The number of carbonyl (C=O) groups excluding carboxylic acids is 2. The van der Waals surface area contributed by atoms with Gasteiger partial charge in [-0.05, 0) is 12.8 Å². The van der Waals surface area contributed by atoms with E-state index in [4.69, 9.17) is 10.2 Å². The van der Waals surface area contributed by atoms with Crippen LogP contribution in [0, 0.1) is 0 Å². The first-order chi connectivity index (χ1) is 13.1. The summed E-state index contributed by atoms with van der Waals surface area (Å²) in [6.45, 7) is 3.75. The minimum absolute atomic E-state index is 0. The SMILES string of the molecule is CCCc1nc(C(=O)[O-])c(C(=O)O)[nH]1.CCCc1nc(C(=O)[O-])c(C(=O)O)[nH]1.O.O.O.O.O.O.[Zn+2]. The Kier molecular flexibility index (Phi) is 31.4. The molecule has 0 radical (unpaired) electrons. The maximum atomic E-state index is 10.6. The maximum absolute atomic E-state index is 10.6. The second-order valence-electron chi connectivity index (χ2n) is 5.50. The molecule has 2 aromatic heterocycles. The Balaban J connectivity index is -0.0000000747. The van der Waals surface area contributed by atoms with Crippen LogP contribution in [0.3, 0.4) is 0 Å². The molecule has 0 fully saturated rings. The second kappa shape index (κ2) is 22.5. The van der Waals surface area contributed by atoms with E-state index in [1.165, 1.54) is 0 Å². The summed E-state index contributed by atoms with van der Waals surface area (Å²) in [5, 5.41) is 38.2. The van der Waals surface area contributed by atoms with Crippen LogP contribution in [0.25, 0.3) is 0 Å². The first-order valence-electron chi connectivity index (χ1n) is 8.19. The van der Waals surface area contributed by atoms with E-state index in [1.807, 2.05) is 13.8 Å². The monoisotopic (exact) mass is 566 g/mol. The van der Waals surface area contributed by atoms with Crippen molar-refractivity contribution in [2.75, 3.05) is 0 Å². The van der Waals surface area contributed by atoms with E-state index in [9.17, 15) is 29.4 Å². The minimum atomic E-state index is -1.58. The third-order valence-electron chi connectivity index (χ3n) is 3.29. The topological polar surface area (TPSA) is 401 Å². The molecule has 2 heterocycles. The molecule has 2 aromatic rings. The van der Waals surface area contributed by atoms with E-state index in [1.54, 1.807) is 0 Å². The number of hydrogen-bond acceptors (Lipinski definition) is 8. The number of aromatic amines is 2. The fourth-order valence-electron chi connectivity index (χ4n) is 2.16. The number of aryl methyl sites for hydroxylation is 2. The van der Waals surface area contributed by atoms with Crippen LogP contribution in [0.1, 0.15) is 80.3 Å². The van der Waals surface area contributed by atoms with Crippen molar-refractivity contribution in [1.82, 2.24) is 19.9 Å². The molecule has 0 spiro atoms. The summed E-state index contributed by atoms with van der Waals surface area (Å²) < 4.78 is 0. The molecule has 0 aliphatic carbocycles. The van der Waals surface area contributed by atoms with Gasteiger partial charge in [-0.15, -0.1) is 0 Å². The summed E-state index contributed by atoms with van der Waals surface area (Å²) >= 11 is 0. The van der Waals surface area contributed by atoms with Gasteiger partial charge in [-0.2, -0.15) is 0 Å². The first-order valence-corrected chi connectivity index (χ1v) is 8.19. The summed E-state index contributed by atoms with van der Waals surface area (Å²) in [6.07, 6.45) is 2.51. The predicted molar refractivity (Wildman–Crippen MR) is 109 cm³/mol. The summed E-state index contributed by atoms with van der Waals surface area (Å²) in [4.78, 5) is 54.2. The van der Waals surface area contributed by atoms with E-state index in [0.717, 1.165) is 12.8 Å². The van der Waals surface area contributed by atoms with Crippen molar-refractivity contribution in [3.05, 3.63) is 34.4 Å². The zero-order valence-electron chi connectivity index (χ0n) is 18.8. The maximum Gasteiger partial charge on any atom is 2.00 e. The van der Waals surface area contributed by atoms with E-state index in [-0.39, 0.29) is 52.3 Å². The van der Waals surface area contributed by atoms with Crippen LogP contribution in [-0.4, -0.2) is 86.9 Å². The van der Waals surface area contributed by atoms with Crippen molar-refractivity contribution < 1.29 is 91.9 Å². The van der Waals surface area contributed by atoms with E-state index in [0.29, 0.717) is 24.5 Å². The molecule has 0 aliphatic heterocycles. The van der Waals surface area contributed by atoms with Crippen molar-refractivity contribution in [3.63, 3.8) is 0 Å². The summed E-state index contributed by atoms with van der Waals surface area (Å²) in [6, 6.07) is 0. The molecule has 18 nitrogen and oxygen atoms in total. The quantitative estimate of drug-likeness (QED) is 0.218. The smallest absolute Gasteiger partial charge is 0.543 e. The van der Waals surface area contributed by atoms with Crippen LogP contribution in [0.4, 0.5) is 0 Å². The van der Waals surface area contributed by atoms with Gasteiger partial charge in [-0.3, -0.25) is 0 Å². The Morgan fingerprint density at radius 2 is 0.943 bits per heavy atom. The van der Waals surface area contributed by atoms with E-state index < -0.39 is 46.7 Å². The molecule has 0 amide bonds. The summed E-state index contributed by atoms with van der Waals surface area (Å²) in [5.41, 5.74) is -1.93. The fourth-order valence-corrected chi connectivity index (χ4v) is 2.16. The average molecular weight is 568 g/mol. The Labute approximate surface area is 210 Å². The summed E-state index contributed by atoms with van der Waals surface area (Å²) in [7, 11) is 0. The molecule has 0 saturated heterocycles. The number of carboxylic acids is 4. The van der Waals surface area contributed by atoms with Gasteiger partial charge in [0.25, 0.3) is 0 Å². The van der Waals surface area contributed by atoms with Crippen LogP contribution < -0.4 is 10.2 Å². The van der Waals surface area contributed by atoms with Gasteiger partial charge in [0.05, 0.1) is 11.9 Å². The number of H-pyrrole nitrogens is 2. The van der Waals surface area contributed by atoms with Gasteiger partial charge in [0.15, 0.2) is 11.4 Å². The van der Waals surface area contributed by atoms with Crippen LogP contribution in [0.15, 0.2) is 0 Å². The Hall–Kier alpha value is -3.32. The van der Waals surface area contributed by atoms with Gasteiger partial charge >= 0.3 is 31.4 Å². The molecule has 16 N–H and O–H groups in total. The molecular formula is C16H30N4O14Zn. The van der Waals surface area contributed by atoms with Gasteiger partial charge in [-0.25, -0.2) is 19.6 Å². The molecule has 0 unspecified atom stereocenters. The molecule has 0 aliphatic rings. The second-order valence-corrected chi connectivity index (χ2v) is 5.50. The number of aromatic carboxylic acids is 4. The van der Waals surface area contributed by atoms with Gasteiger partial charge in [-0.1, -0.05) is 13.8 Å². The summed E-state index contributed by atoms with van der Waals surface area (Å²) in [5.74, 6) is -5.16. The minimum Gasteiger partial charge on any atom is -0.543 e. The molecule has 2 rings (SSSR count). The molecule has 19 heteroatoms. The molecule has 0 bridgehead atoms. The number of imidazole rings is 2. The van der Waals surface area contributed by atoms with Crippen molar-refractivity contribution in [2.24, 2.45) is 0 Å². The van der Waals surface area contributed by atoms with Gasteiger partial charge in [0.2, 0.25) is 0 Å². The van der Waals surface area contributed by atoms with Crippen molar-refractivity contribution >= 4 is 23.9 Å². The predicted octanol–water partition coefficient (Wildman–Crippen LogP) is -6.10. The van der Waals surface area contributed by atoms with E-state index >= 15 is 0 Å². The Morgan fingerprint density at radius 3 is 1.09 bits per heavy atom. The van der Waals surface area contributed by atoms with Crippen LogP contribution >= 0.6 is 0 Å². The number of carbonyl (C=O) groups is 4. The number of rotatable bonds is 8. The Morgan fingerprint density at radius 1 is 0.686 bits per heavy atom. The molecule has 200 valence electrons. The van der Waals surface area contributed by atoms with Gasteiger partial charge in [0.1, 0.15) is 23.0 Å². The number of nitrogens with one attached hydrogen (secondary N) is 2. The number of hydrogen-bond donors (Lipinski definition) is 4. The zero-order valence-corrected chi connectivity index (χ0v) is 21.7. The van der Waals surface area contributed by atoms with Crippen molar-refractivity contribution in [1.29, 1.82) is 0 Å². The van der Waals surface area contributed by atoms with Crippen molar-refractivity contribution in [2.45, 2.75) is 39.5 Å². The molecular weight excluding hydrogens is 538 g/mol. The normalized spacial score (nSPS) is 8.06. The van der Waals surface area contributed by atoms with Crippen LogP contribution in [0.2, 0.25) is 0 Å². The molecule has 0 aromatic carbocycles. The molecule has 0 atom stereocenters. The van der Waals surface area contributed by atoms with Crippen LogP contribution in [-0.2, 0) is 32.3 Å². The molecule has 35 heavy (non-hydrogen) atoms. The Bertz CT molecular complexity index is 764. The third kappa shape index (κ3) is 13.9. The van der Waals surface area contributed by atoms with E-state index in [2.05, 4.69) is 19.9 Å². The largest absolute Gasteiger partial charge is 2.00 e. The standard InChI is InChI=1S/2C8H10N2O4.6H2O.Zn/c2*1-2-3-4-9-5(7(11)12)6(10-4)8(13)14;;;;;;;/h2*2-3H2,1H3,(H,9,10)(H,11,12)(H,13,14);6*1H2;/q;;;;;;;;+2/p-2. The zero-order chi connectivity index (χ0) is 21.4. The molecule has 0 saturated carbocycles. The number of aromatic nitrogens is 4. The van der Waals surface area contributed by atoms with Crippen LogP contribution in [0.5, 0.6) is 0 Å². The van der Waals surface area contributed by atoms with Gasteiger partial charge < -0.3 is 72.8 Å².